The Morgan fingerprint density at radius 3 is 2.20 bits per heavy atom. The van der Waals surface area contributed by atoms with E-state index in [1.54, 1.807) is 11.1 Å². The number of hydrogen-bond acceptors (Lipinski definition) is 1. The number of benzene rings is 2. The summed E-state index contributed by atoms with van der Waals surface area (Å²) in [6.45, 7) is 9.60. The molecule has 190 valence electrons. The Labute approximate surface area is 215 Å². The van der Waals surface area contributed by atoms with Crippen LogP contribution in [0, 0.1) is 12.3 Å². The van der Waals surface area contributed by atoms with Gasteiger partial charge in [0.05, 0.1) is 0 Å². The highest BCUT2D eigenvalue weighted by Gasteiger charge is 2.31. The normalized spacial score (nSPS) is 17.0. The van der Waals surface area contributed by atoms with Crippen molar-refractivity contribution >= 4 is 5.57 Å². The molecule has 0 heterocycles. The lowest BCUT2D eigenvalue weighted by molar-refractivity contribution is 0.237. The fourth-order valence-electron chi connectivity index (χ4n) is 6.18. The zero-order valence-corrected chi connectivity index (χ0v) is 23.0. The molecule has 4 rings (SSSR count). The molecule has 0 saturated heterocycles. The van der Waals surface area contributed by atoms with Gasteiger partial charge in [-0.1, -0.05) is 107 Å². The van der Waals surface area contributed by atoms with Crippen LogP contribution in [0.4, 0.5) is 0 Å². The lowest BCUT2D eigenvalue weighted by Gasteiger charge is -2.33. The molecular weight excluding hydrogens is 424 g/mol. The lowest BCUT2D eigenvalue weighted by Crippen LogP contribution is -2.23. The van der Waals surface area contributed by atoms with Crippen molar-refractivity contribution in [3.05, 3.63) is 88.5 Å². The molecule has 0 radical (unpaired) electrons. The van der Waals surface area contributed by atoms with Gasteiger partial charge in [0.25, 0.3) is 0 Å². The van der Waals surface area contributed by atoms with Crippen LogP contribution in [0.3, 0.4) is 0 Å². The van der Waals surface area contributed by atoms with E-state index >= 15 is 0 Å². The smallest absolute Gasteiger partial charge is 0.0319 e. The summed E-state index contributed by atoms with van der Waals surface area (Å²) in [6.07, 6.45) is 20.9. The van der Waals surface area contributed by atoms with E-state index in [1.807, 2.05) is 0 Å². The van der Waals surface area contributed by atoms with Crippen molar-refractivity contribution in [2.24, 2.45) is 5.41 Å². The molecule has 2 aromatic carbocycles. The van der Waals surface area contributed by atoms with Gasteiger partial charge in [-0.3, -0.25) is 0 Å². The zero-order valence-electron chi connectivity index (χ0n) is 23.0. The third kappa shape index (κ3) is 6.76. The average molecular weight is 473 g/mol. The Balaban J connectivity index is 0.00000167. The Morgan fingerprint density at radius 2 is 1.60 bits per heavy atom. The molecule has 0 bridgehead atoms. The average Bonchev–Trinajstić information content (AvgIpc) is 3.37. The second-order valence-corrected chi connectivity index (χ2v) is 11.1. The summed E-state index contributed by atoms with van der Waals surface area (Å²) < 4.78 is 0. The first-order chi connectivity index (χ1) is 17.0. The molecule has 0 aromatic heterocycles. The quantitative estimate of drug-likeness (QED) is 0.386. The molecule has 1 fully saturated rings. The number of allylic oxidation sites excluding steroid dienone is 4. The molecule has 1 saturated carbocycles. The second-order valence-electron chi connectivity index (χ2n) is 11.1. The van der Waals surface area contributed by atoms with E-state index in [0.29, 0.717) is 10.8 Å². The van der Waals surface area contributed by atoms with Crippen LogP contribution in [0.2, 0.25) is 0 Å². The molecule has 1 heteroatoms. The van der Waals surface area contributed by atoms with Crippen molar-refractivity contribution in [1.82, 2.24) is 0 Å². The van der Waals surface area contributed by atoms with Crippen molar-refractivity contribution in [2.45, 2.75) is 104 Å². The van der Waals surface area contributed by atoms with Crippen LogP contribution < -0.4 is 0 Å². The molecule has 0 spiro atoms. The van der Waals surface area contributed by atoms with Crippen molar-refractivity contribution in [3.8, 4) is 0 Å². The number of aliphatic hydroxyl groups excluding tert-OH is 1. The monoisotopic (exact) mass is 472 g/mol. The third-order valence-electron chi connectivity index (χ3n) is 9.04. The first-order valence-corrected chi connectivity index (χ1v) is 14.0. The first kappa shape index (κ1) is 27.5. The molecule has 2 aliphatic rings. The first-order valence-electron chi connectivity index (χ1n) is 14.0. The van der Waals surface area contributed by atoms with Gasteiger partial charge in [-0.15, -0.1) is 0 Å². The van der Waals surface area contributed by atoms with Crippen LogP contribution in [-0.4, -0.2) is 12.2 Å². The van der Waals surface area contributed by atoms with Gasteiger partial charge in [-0.2, -0.15) is 0 Å². The number of aliphatic hydroxyl groups is 1. The predicted octanol–water partition coefficient (Wildman–Crippen LogP) is 9.15. The highest BCUT2D eigenvalue weighted by molar-refractivity contribution is 5.74. The SMILES string of the molecule is CCC(CC)(CCc1cc(C2(C)CCCC2)ccc1C)Cc1ccc(C2=CCCC=C2)cc1.CO. The molecule has 1 nitrogen and oxygen atoms in total. The van der Waals surface area contributed by atoms with Crippen LogP contribution >= 0.6 is 0 Å². The van der Waals surface area contributed by atoms with Gasteiger partial charge < -0.3 is 5.11 Å². The fraction of sp³-hybridized carbons (Fsp3) is 0.529. The maximum absolute atomic E-state index is 7.00. The number of aryl methyl sites for hydroxylation is 2. The molecule has 0 amide bonds. The predicted molar refractivity (Wildman–Crippen MR) is 153 cm³/mol. The molecule has 0 aliphatic heterocycles. The Kier molecular flexibility index (Phi) is 9.99. The topological polar surface area (TPSA) is 20.2 Å². The maximum Gasteiger partial charge on any atom is 0.0319 e. The summed E-state index contributed by atoms with van der Waals surface area (Å²) in [5.41, 5.74) is 9.66. The van der Waals surface area contributed by atoms with Gasteiger partial charge in [0.2, 0.25) is 0 Å². The van der Waals surface area contributed by atoms with Crippen LogP contribution in [-0.2, 0) is 18.3 Å². The van der Waals surface area contributed by atoms with Crippen molar-refractivity contribution in [3.63, 3.8) is 0 Å². The minimum absolute atomic E-state index is 0.380. The minimum Gasteiger partial charge on any atom is -0.400 e. The largest absolute Gasteiger partial charge is 0.400 e. The van der Waals surface area contributed by atoms with Gasteiger partial charge in [-0.25, -0.2) is 0 Å². The van der Waals surface area contributed by atoms with Crippen molar-refractivity contribution < 1.29 is 5.11 Å². The van der Waals surface area contributed by atoms with E-state index in [9.17, 15) is 0 Å². The van der Waals surface area contributed by atoms with Gasteiger partial charge >= 0.3 is 0 Å². The van der Waals surface area contributed by atoms with Crippen molar-refractivity contribution in [2.75, 3.05) is 7.11 Å². The molecule has 35 heavy (non-hydrogen) atoms. The van der Waals surface area contributed by atoms with Crippen LogP contribution in [0.5, 0.6) is 0 Å². The summed E-state index contributed by atoms with van der Waals surface area (Å²) in [4.78, 5) is 0. The van der Waals surface area contributed by atoms with E-state index < -0.39 is 0 Å². The summed E-state index contributed by atoms with van der Waals surface area (Å²) >= 11 is 0. The second kappa shape index (κ2) is 12.7. The molecule has 0 unspecified atom stereocenters. The van der Waals surface area contributed by atoms with Crippen LogP contribution in [0.15, 0.2) is 60.7 Å². The van der Waals surface area contributed by atoms with Crippen LogP contribution in [0.1, 0.15) is 106 Å². The number of rotatable bonds is 9. The van der Waals surface area contributed by atoms with Gasteiger partial charge in [0, 0.05) is 7.11 Å². The fourth-order valence-corrected chi connectivity index (χ4v) is 6.18. The van der Waals surface area contributed by atoms with E-state index in [1.165, 1.54) is 92.9 Å². The highest BCUT2D eigenvalue weighted by atomic mass is 16.2. The highest BCUT2D eigenvalue weighted by Crippen LogP contribution is 2.42. The molecular formula is C34H48O. The summed E-state index contributed by atoms with van der Waals surface area (Å²) in [7, 11) is 1.00. The standard InChI is InChI=1S/C33H44.CH4O/c1-5-33(6-2,25-27-15-17-29(18-16-27)28-12-8-7-9-13-28)23-20-30-24-31(19-14-26(30)3)32(4)21-10-11-22-32;1-2/h8,12-19,24H,5-7,9-11,20-23,25H2,1-4H3;2H,1H3. The van der Waals surface area contributed by atoms with E-state index in [2.05, 4.69) is 88.4 Å². The summed E-state index contributed by atoms with van der Waals surface area (Å²) in [6, 6.07) is 16.8. The minimum atomic E-state index is 0.380. The van der Waals surface area contributed by atoms with Gasteiger partial charge in [0.1, 0.15) is 0 Å². The molecule has 0 atom stereocenters. The van der Waals surface area contributed by atoms with E-state index in [-0.39, 0.29) is 0 Å². The Bertz CT molecular complexity index is 982. The van der Waals surface area contributed by atoms with Gasteiger partial charge in [0.15, 0.2) is 0 Å². The van der Waals surface area contributed by atoms with E-state index in [4.69, 9.17) is 5.11 Å². The Morgan fingerprint density at radius 1 is 0.914 bits per heavy atom. The third-order valence-corrected chi connectivity index (χ3v) is 9.04. The molecule has 1 N–H and O–H groups in total. The van der Waals surface area contributed by atoms with Crippen molar-refractivity contribution in [1.29, 1.82) is 0 Å². The molecule has 2 aliphatic carbocycles. The molecule has 2 aromatic rings. The van der Waals surface area contributed by atoms with E-state index in [0.717, 1.165) is 7.11 Å². The lowest BCUT2D eigenvalue weighted by atomic mass is 9.72. The summed E-state index contributed by atoms with van der Waals surface area (Å²) in [5, 5.41) is 7.00. The number of hydrogen-bond donors (Lipinski definition) is 1. The summed E-state index contributed by atoms with van der Waals surface area (Å²) in [5.74, 6) is 0. The zero-order chi connectivity index (χ0) is 25.3. The maximum atomic E-state index is 7.00. The van der Waals surface area contributed by atoms with Gasteiger partial charge in [-0.05, 0) is 96.1 Å². The van der Waals surface area contributed by atoms with Crippen LogP contribution in [0.25, 0.3) is 5.57 Å². The Hall–Kier alpha value is -2.12.